The van der Waals surface area contributed by atoms with E-state index in [0.717, 1.165) is 17.9 Å². The fourth-order valence-corrected chi connectivity index (χ4v) is 2.78. The van der Waals surface area contributed by atoms with Crippen molar-refractivity contribution in [3.63, 3.8) is 0 Å². The summed E-state index contributed by atoms with van der Waals surface area (Å²) >= 11 is 0. The van der Waals surface area contributed by atoms with Gasteiger partial charge >= 0.3 is 0 Å². The third-order valence-electron chi connectivity index (χ3n) is 3.97. The van der Waals surface area contributed by atoms with Crippen molar-refractivity contribution < 1.29 is 4.79 Å². The molecule has 0 fully saturated rings. The lowest BCUT2D eigenvalue weighted by molar-refractivity contribution is -0.116. The van der Waals surface area contributed by atoms with Crippen molar-refractivity contribution in [3.8, 4) is 0 Å². The highest BCUT2D eigenvalue weighted by Gasteiger charge is 2.24. The number of anilines is 2. The Labute approximate surface area is 125 Å². The lowest BCUT2D eigenvalue weighted by Crippen LogP contribution is -2.33. The van der Waals surface area contributed by atoms with Gasteiger partial charge in [0.1, 0.15) is 0 Å². The maximum atomic E-state index is 12.0. The van der Waals surface area contributed by atoms with Gasteiger partial charge in [0, 0.05) is 19.0 Å². The summed E-state index contributed by atoms with van der Waals surface area (Å²) in [5, 5.41) is 3.00. The molecule has 1 N–H and O–H groups in total. The van der Waals surface area contributed by atoms with Crippen LogP contribution in [0.4, 0.5) is 11.4 Å². The minimum atomic E-state index is 0.0846. The molecule has 0 bridgehead atoms. The van der Waals surface area contributed by atoms with E-state index in [1.54, 1.807) is 0 Å². The van der Waals surface area contributed by atoms with E-state index in [1.165, 1.54) is 11.1 Å². The predicted octanol–water partition coefficient (Wildman–Crippen LogP) is 3.73. The third-order valence-corrected chi connectivity index (χ3v) is 3.97. The Morgan fingerprint density at radius 2 is 1.86 bits per heavy atom. The smallest absolute Gasteiger partial charge is 0.226 e. The molecular weight excluding hydrogens is 260 g/mol. The van der Waals surface area contributed by atoms with Gasteiger partial charge in [0.05, 0.1) is 11.4 Å². The van der Waals surface area contributed by atoms with Crippen molar-refractivity contribution in [1.82, 2.24) is 0 Å². The second-order valence-corrected chi connectivity index (χ2v) is 5.73. The van der Waals surface area contributed by atoms with Crippen molar-refractivity contribution in [3.05, 3.63) is 59.7 Å². The van der Waals surface area contributed by atoms with Crippen molar-refractivity contribution in [1.29, 1.82) is 0 Å². The highest BCUT2D eigenvalue weighted by Crippen LogP contribution is 2.32. The van der Waals surface area contributed by atoms with Gasteiger partial charge in [-0.2, -0.15) is 0 Å². The van der Waals surface area contributed by atoms with Crippen molar-refractivity contribution >= 4 is 17.3 Å². The Morgan fingerprint density at radius 3 is 2.62 bits per heavy atom. The highest BCUT2D eigenvalue weighted by atomic mass is 16.1. The molecule has 108 valence electrons. The van der Waals surface area contributed by atoms with Gasteiger partial charge in [0.2, 0.25) is 5.91 Å². The zero-order chi connectivity index (χ0) is 14.8. The second kappa shape index (κ2) is 5.60. The molecule has 3 heteroatoms. The second-order valence-electron chi connectivity index (χ2n) is 5.73. The summed E-state index contributed by atoms with van der Waals surface area (Å²) in [4.78, 5) is 14.3. The van der Waals surface area contributed by atoms with E-state index in [-0.39, 0.29) is 11.9 Å². The van der Waals surface area contributed by atoms with Gasteiger partial charge in [-0.05, 0) is 31.5 Å². The molecule has 2 aromatic carbocycles. The number of carbonyl (C=O) groups excluding carboxylic acids is 1. The summed E-state index contributed by atoms with van der Waals surface area (Å²) in [6.07, 6.45) is 0.514. The highest BCUT2D eigenvalue weighted by molar-refractivity contribution is 5.96. The summed E-state index contributed by atoms with van der Waals surface area (Å²) < 4.78 is 0. The summed E-state index contributed by atoms with van der Waals surface area (Å²) in [6.45, 7) is 5.01. The standard InChI is InChI=1S/C18H20N2O/c1-13-7-9-15(10-8-13)12-20-14(2)11-18(21)19-16-5-3-4-6-17(16)20/h3-10,14H,11-12H2,1-2H3,(H,19,21)/t14-/m1/s1. The summed E-state index contributed by atoms with van der Waals surface area (Å²) in [7, 11) is 0. The average Bonchev–Trinajstić information content (AvgIpc) is 2.58. The molecule has 0 aliphatic carbocycles. The maximum Gasteiger partial charge on any atom is 0.226 e. The van der Waals surface area contributed by atoms with Gasteiger partial charge in [-0.15, -0.1) is 0 Å². The number of rotatable bonds is 2. The van der Waals surface area contributed by atoms with Crippen LogP contribution in [0, 0.1) is 6.92 Å². The molecule has 1 amide bonds. The number of para-hydroxylation sites is 2. The molecule has 0 spiro atoms. The van der Waals surface area contributed by atoms with Crippen molar-refractivity contribution in [2.75, 3.05) is 10.2 Å². The van der Waals surface area contributed by atoms with Crippen LogP contribution in [-0.2, 0) is 11.3 Å². The molecule has 21 heavy (non-hydrogen) atoms. The number of hydrogen-bond acceptors (Lipinski definition) is 2. The monoisotopic (exact) mass is 280 g/mol. The van der Waals surface area contributed by atoms with Crippen LogP contribution >= 0.6 is 0 Å². The fraction of sp³-hybridized carbons (Fsp3) is 0.278. The first-order valence-corrected chi connectivity index (χ1v) is 7.34. The van der Waals surface area contributed by atoms with Crippen LogP contribution in [0.5, 0.6) is 0 Å². The Hall–Kier alpha value is -2.29. The van der Waals surface area contributed by atoms with Crippen molar-refractivity contribution in [2.24, 2.45) is 0 Å². The number of hydrogen-bond donors (Lipinski definition) is 1. The number of fused-ring (bicyclic) bond motifs is 1. The molecule has 3 nitrogen and oxygen atoms in total. The van der Waals surface area contributed by atoms with E-state index in [4.69, 9.17) is 0 Å². The zero-order valence-electron chi connectivity index (χ0n) is 12.5. The van der Waals surface area contributed by atoms with Gasteiger partial charge in [-0.25, -0.2) is 0 Å². The van der Waals surface area contributed by atoms with Gasteiger partial charge in [0.15, 0.2) is 0 Å². The van der Waals surface area contributed by atoms with E-state index < -0.39 is 0 Å². The van der Waals surface area contributed by atoms with E-state index in [1.807, 2.05) is 18.2 Å². The first-order chi connectivity index (χ1) is 10.1. The summed E-state index contributed by atoms with van der Waals surface area (Å²) in [5.41, 5.74) is 4.52. The van der Waals surface area contributed by atoms with Gasteiger partial charge < -0.3 is 10.2 Å². The SMILES string of the molecule is Cc1ccc(CN2c3ccccc3NC(=O)C[C@H]2C)cc1. The first-order valence-electron chi connectivity index (χ1n) is 7.34. The van der Waals surface area contributed by atoms with E-state index >= 15 is 0 Å². The first kappa shape index (κ1) is 13.7. The van der Waals surface area contributed by atoms with E-state index in [0.29, 0.717) is 6.42 Å². The molecule has 1 heterocycles. The van der Waals surface area contributed by atoms with Crippen LogP contribution in [0.15, 0.2) is 48.5 Å². The van der Waals surface area contributed by atoms with E-state index in [2.05, 4.69) is 54.4 Å². The zero-order valence-corrected chi connectivity index (χ0v) is 12.5. The quantitative estimate of drug-likeness (QED) is 0.909. The van der Waals surface area contributed by atoms with Crippen LogP contribution in [0.3, 0.4) is 0 Å². The van der Waals surface area contributed by atoms with Crippen LogP contribution in [0.1, 0.15) is 24.5 Å². The molecule has 1 aliphatic rings. The number of nitrogens with one attached hydrogen (secondary N) is 1. The normalized spacial score (nSPS) is 17.9. The topological polar surface area (TPSA) is 32.3 Å². The Kier molecular flexibility index (Phi) is 3.65. The number of amides is 1. The Balaban J connectivity index is 1.95. The molecule has 3 rings (SSSR count). The van der Waals surface area contributed by atoms with Crippen LogP contribution in [0.2, 0.25) is 0 Å². The minimum Gasteiger partial charge on any atom is -0.362 e. The number of carbonyl (C=O) groups is 1. The van der Waals surface area contributed by atoms with Crippen LogP contribution in [0.25, 0.3) is 0 Å². The van der Waals surface area contributed by atoms with Crippen LogP contribution in [-0.4, -0.2) is 11.9 Å². The molecule has 1 aliphatic heterocycles. The van der Waals surface area contributed by atoms with Gasteiger partial charge in [-0.1, -0.05) is 42.0 Å². The predicted molar refractivity (Wildman–Crippen MR) is 86.5 cm³/mol. The Bertz CT molecular complexity index is 649. The van der Waals surface area contributed by atoms with Crippen LogP contribution < -0.4 is 10.2 Å². The van der Waals surface area contributed by atoms with Gasteiger partial charge in [0.25, 0.3) is 0 Å². The largest absolute Gasteiger partial charge is 0.362 e. The molecule has 0 radical (unpaired) electrons. The third kappa shape index (κ3) is 2.92. The number of aryl methyl sites for hydroxylation is 1. The molecule has 2 aromatic rings. The number of nitrogens with zero attached hydrogens (tertiary/aromatic N) is 1. The number of benzene rings is 2. The maximum absolute atomic E-state index is 12.0. The summed E-state index contributed by atoms with van der Waals surface area (Å²) in [5.74, 6) is 0.0846. The molecular formula is C18H20N2O. The minimum absolute atomic E-state index is 0.0846. The van der Waals surface area contributed by atoms with E-state index in [9.17, 15) is 4.79 Å². The average molecular weight is 280 g/mol. The summed E-state index contributed by atoms with van der Waals surface area (Å²) in [6, 6.07) is 16.8. The molecule has 1 atom stereocenters. The molecule has 0 saturated carbocycles. The Morgan fingerprint density at radius 1 is 1.14 bits per heavy atom. The molecule has 0 aromatic heterocycles. The lowest BCUT2D eigenvalue weighted by atomic mass is 10.1. The molecule has 0 saturated heterocycles. The lowest BCUT2D eigenvalue weighted by Gasteiger charge is -2.30. The fourth-order valence-electron chi connectivity index (χ4n) is 2.78. The van der Waals surface area contributed by atoms with Gasteiger partial charge in [-0.3, -0.25) is 4.79 Å². The van der Waals surface area contributed by atoms with Crippen molar-refractivity contribution in [2.45, 2.75) is 32.9 Å². The molecule has 0 unspecified atom stereocenters.